The van der Waals surface area contributed by atoms with E-state index in [0.29, 0.717) is 32.7 Å². The first-order valence-electron chi connectivity index (χ1n) is 7.65. The van der Waals surface area contributed by atoms with Crippen LogP contribution in [0.15, 0.2) is 71.8 Å². The molecular formula is C20H10Cl2O4. The Bertz CT molecular complexity index is 929. The first kappa shape index (κ1) is 16.6. The Labute approximate surface area is 158 Å². The Morgan fingerprint density at radius 3 is 1.27 bits per heavy atom. The lowest BCUT2D eigenvalue weighted by Crippen LogP contribution is -2.05. The zero-order valence-corrected chi connectivity index (χ0v) is 14.7. The smallest absolute Gasteiger partial charge is 0.344 e. The summed E-state index contributed by atoms with van der Waals surface area (Å²) in [5, 5.41) is 1.15. The van der Waals surface area contributed by atoms with Crippen LogP contribution < -0.4 is 0 Å². The van der Waals surface area contributed by atoms with Crippen molar-refractivity contribution >= 4 is 46.7 Å². The summed E-state index contributed by atoms with van der Waals surface area (Å²) in [4.78, 5) is 24.5. The number of benzene rings is 2. The predicted octanol–water partition coefficient (Wildman–Crippen LogP) is 4.79. The van der Waals surface area contributed by atoms with Gasteiger partial charge in [-0.25, -0.2) is 9.59 Å². The summed E-state index contributed by atoms with van der Waals surface area (Å²) < 4.78 is 10.6. The third-order valence-electron chi connectivity index (χ3n) is 3.94. The third-order valence-corrected chi connectivity index (χ3v) is 4.45. The lowest BCUT2D eigenvalue weighted by atomic mass is 10.1. The fourth-order valence-electron chi connectivity index (χ4n) is 2.64. The molecule has 0 saturated carbocycles. The molecule has 4 nitrogen and oxygen atoms in total. The average Bonchev–Trinajstić information content (AvgIpc) is 3.19. The molecule has 128 valence electrons. The van der Waals surface area contributed by atoms with Crippen molar-refractivity contribution < 1.29 is 19.1 Å². The molecule has 2 aromatic carbocycles. The summed E-state index contributed by atoms with van der Waals surface area (Å²) in [5.74, 6) is -0.489. The molecule has 0 bridgehead atoms. The van der Waals surface area contributed by atoms with E-state index < -0.39 is 11.9 Å². The number of cyclic esters (lactones) is 2. The van der Waals surface area contributed by atoms with E-state index in [2.05, 4.69) is 0 Å². The fourth-order valence-corrected chi connectivity index (χ4v) is 2.89. The summed E-state index contributed by atoms with van der Waals surface area (Å²) in [7, 11) is 0. The van der Waals surface area contributed by atoms with Gasteiger partial charge in [-0.3, -0.25) is 0 Å². The molecule has 0 aromatic heterocycles. The second-order valence-electron chi connectivity index (χ2n) is 5.64. The van der Waals surface area contributed by atoms with Gasteiger partial charge < -0.3 is 9.47 Å². The highest BCUT2D eigenvalue weighted by Crippen LogP contribution is 2.34. The number of ether oxygens (including phenoxy) is 2. The van der Waals surface area contributed by atoms with Crippen molar-refractivity contribution in [1.29, 1.82) is 0 Å². The van der Waals surface area contributed by atoms with Crippen LogP contribution in [0.5, 0.6) is 0 Å². The van der Waals surface area contributed by atoms with Gasteiger partial charge in [-0.05, 0) is 60.7 Å². The molecule has 0 saturated heterocycles. The summed E-state index contributed by atoms with van der Waals surface area (Å²) >= 11 is 11.7. The fraction of sp³-hybridized carbons (Fsp3) is 0. The van der Waals surface area contributed by atoms with Gasteiger partial charge in [0, 0.05) is 21.2 Å². The van der Waals surface area contributed by atoms with E-state index in [1.54, 1.807) is 48.5 Å². The number of hydrogen-bond donors (Lipinski definition) is 0. The zero-order chi connectivity index (χ0) is 18.3. The number of esters is 2. The first-order valence-corrected chi connectivity index (χ1v) is 8.41. The van der Waals surface area contributed by atoms with Gasteiger partial charge in [0.2, 0.25) is 0 Å². The Balaban J connectivity index is 1.73. The number of carbonyl (C=O) groups is 2. The molecule has 0 N–H and O–H groups in total. The lowest BCUT2D eigenvalue weighted by molar-refractivity contribution is -0.133. The topological polar surface area (TPSA) is 52.6 Å². The van der Waals surface area contributed by atoms with Crippen molar-refractivity contribution in [2.75, 3.05) is 0 Å². The molecule has 2 heterocycles. The highest BCUT2D eigenvalue weighted by molar-refractivity contribution is 6.30. The van der Waals surface area contributed by atoms with E-state index in [-0.39, 0.29) is 11.1 Å². The summed E-state index contributed by atoms with van der Waals surface area (Å²) in [6.45, 7) is 0. The van der Waals surface area contributed by atoms with Crippen molar-refractivity contribution in [3.63, 3.8) is 0 Å². The van der Waals surface area contributed by atoms with E-state index in [9.17, 15) is 9.59 Å². The summed E-state index contributed by atoms with van der Waals surface area (Å²) in [6.07, 6.45) is 3.06. The first-order chi connectivity index (χ1) is 12.5. The summed E-state index contributed by atoms with van der Waals surface area (Å²) in [5.41, 5.74) is 1.69. The van der Waals surface area contributed by atoms with Crippen LogP contribution in [-0.2, 0) is 19.1 Å². The SMILES string of the molecule is O=C1OC(c2ccc(Cl)cc2)=C/C1=C1\C=C(c2ccc(Cl)cc2)OC1=O. The molecule has 0 radical (unpaired) electrons. The normalized spacial score (nSPS) is 19.2. The van der Waals surface area contributed by atoms with Crippen LogP contribution in [0, 0.1) is 0 Å². The van der Waals surface area contributed by atoms with Crippen LogP contribution in [0.2, 0.25) is 10.0 Å². The minimum Gasteiger partial charge on any atom is -0.422 e. The van der Waals surface area contributed by atoms with Gasteiger partial charge in [-0.1, -0.05) is 23.2 Å². The minimum absolute atomic E-state index is 0.156. The monoisotopic (exact) mass is 384 g/mol. The largest absolute Gasteiger partial charge is 0.422 e. The molecule has 26 heavy (non-hydrogen) atoms. The Hall–Kier alpha value is -2.82. The molecule has 0 atom stereocenters. The van der Waals surface area contributed by atoms with E-state index in [1.165, 1.54) is 12.2 Å². The molecule has 0 fully saturated rings. The molecule has 0 amide bonds. The van der Waals surface area contributed by atoms with Crippen molar-refractivity contribution in [2.45, 2.75) is 0 Å². The number of rotatable bonds is 2. The van der Waals surface area contributed by atoms with Crippen LogP contribution in [0.4, 0.5) is 0 Å². The van der Waals surface area contributed by atoms with E-state index in [1.807, 2.05) is 0 Å². The Morgan fingerprint density at radius 2 is 0.923 bits per heavy atom. The lowest BCUT2D eigenvalue weighted by Gasteiger charge is -2.01. The van der Waals surface area contributed by atoms with Crippen LogP contribution >= 0.6 is 23.2 Å². The van der Waals surface area contributed by atoms with Crippen LogP contribution in [0.25, 0.3) is 11.5 Å². The molecule has 2 aliphatic rings. The second-order valence-corrected chi connectivity index (χ2v) is 6.51. The molecule has 6 heteroatoms. The maximum Gasteiger partial charge on any atom is 0.344 e. The van der Waals surface area contributed by atoms with Crippen LogP contribution in [0.3, 0.4) is 0 Å². The average molecular weight is 385 g/mol. The van der Waals surface area contributed by atoms with Crippen molar-refractivity contribution in [2.24, 2.45) is 0 Å². The Morgan fingerprint density at radius 1 is 0.577 bits per heavy atom. The summed E-state index contributed by atoms with van der Waals surface area (Å²) in [6, 6.07) is 13.7. The standard InChI is InChI=1S/C20H10Cl2O4/c21-13-5-1-11(2-6-13)17-9-15(19(23)25-17)16-10-18(26-20(16)24)12-3-7-14(22)8-4-12/h1-10H/b16-15-. The Kier molecular flexibility index (Phi) is 4.15. The van der Waals surface area contributed by atoms with Crippen LogP contribution in [-0.4, -0.2) is 11.9 Å². The second kappa shape index (κ2) is 6.48. The molecule has 2 aliphatic heterocycles. The van der Waals surface area contributed by atoms with E-state index in [0.717, 1.165) is 0 Å². The molecule has 0 aliphatic carbocycles. The van der Waals surface area contributed by atoms with Gasteiger partial charge in [0.1, 0.15) is 11.5 Å². The predicted molar refractivity (Wildman–Crippen MR) is 98.1 cm³/mol. The minimum atomic E-state index is -0.601. The van der Waals surface area contributed by atoms with Gasteiger partial charge in [-0.15, -0.1) is 0 Å². The van der Waals surface area contributed by atoms with Gasteiger partial charge >= 0.3 is 11.9 Å². The number of halogens is 2. The quantitative estimate of drug-likeness (QED) is 0.551. The van der Waals surface area contributed by atoms with Crippen LogP contribution in [0.1, 0.15) is 11.1 Å². The maximum atomic E-state index is 12.2. The molecule has 0 spiro atoms. The van der Waals surface area contributed by atoms with Gasteiger partial charge in [0.05, 0.1) is 11.1 Å². The van der Waals surface area contributed by atoms with Gasteiger partial charge in [0.25, 0.3) is 0 Å². The maximum absolute atomic E-state index is 12.2. The van der Waals surface area contributed by atoms with Crippen molar-refractivity contribution in [1.82, 2.24) is 0 Å². The highest BCUT2D eigenvalue weighted by atomic mass is 35.5. The molecule has 4 rings (SSSR count). The molecule has 0 unspecified atom stereocenters. The zero-order valence-electron chi connectivity index (χ0n) is 13.2. The van der Waals surface area contributed by atoms with Gasteiger partial charge in [0.15, 0.2) is 0 Å². The molecular weight excluding hydrogens is 375 g/mol. The van der Waals surface area contributed by atoms with Crippen molar-refractivity contribution in [3.05, 3.63) is 93.0 Å². The number of hydrogen-bond acceptors (Lipinski definition) is 4. The third kappa shape index (κ3) is 3.05. The highest BCUT2D eigenvalue weighted by Gasteiger charge is 2.32. The van der Waals surface area contributed by atoms with Crippen molar-refractivity contribution in [3.8, 4) is 0 Å². The van der Waals surface area contributed by atoms with E-state index in [4.69, 9.17) is 32.7 Å². The number of carbonyl (C=O) groups excluding carboxylic acids is 2. The van der Waals surface area contributed by atoms with Gasteiger partial charge in [-0.2, -0.15) is 0 Å². The van der Waals surface area contributed by atoms with E-state index >= 15 is 0 Å². The molecule has 2 aromatic rings.